The van der Waals surface area contributed by atoms with Crippen molar-refractivity contribution in [2.75, 3.05) is 11.9 Å². The summed E-state index contributed by atoms with van der Waals surface area (Å²) in [4.78, 5) is 15.0. The first-order chi connectivity index (χ1) is 10.1. The van der Waals surface area contributed by atoms with Crippen LogP contribution in [0.25, 0.3) is 0 Å². The number of carbonyl (C=O) groups is 1. The smallest absolute Gasteiger partial charge is 0.230 e. The third-order valence-electron chi connectivity index (χ3n) is 5.88. The molecule has 4 atom stereocenters. The average Bonchev–Trinajstić information content (AvgIpc) is 2.92. The van der Waals surface area contributed by atoms with Gasteiger partial charge < -0.3 is 10.6 Å². The molecule has 1 aromatic carbocycles. The van der Waals surface area contributed by atoms with Crippen molar-refractivity contribution in [2.45, 2.75) is 19.3 Å². The zero-order chi connectivity index (χ0) is 14.7. The predicted octanol–water partition coefficient (Wildman–Crippen LogP) is 2.58. The van der Waals surface area contributed by atoms with E-state index < -0.39 is 0 Å². The topological polar surface area (TPSA) is 46.3 Å². The zero-order valence-electron chi connectivity index (χ0n) is 12.2. The van der Waals surface area contributed by atoms with Crippen LogP contribution in [0.4, 0.5) is 5.69 Å². The molecule has 2 N–H and O–H groups in total. The standard InChI is InChI=1S/C17H20N2OS/c1-19(12-5-3-2-4-11(12)16(18)21)17(20)15-13-9-6-7-10(8-9)14(13)15/h2-5,9-10,13-15H,6-8H2,1H3,(H2,18,21). The van der Waals surface area contributed by atoms with Crippen LogP contribution in [0.3, 0.4) is 0 Å². The fourth-order valence-electron chi connectivity index (χ4n) is 4.97. The van der Waals surface area contributed by atoms with E-state index >= 15 is 0 Å². The summed E-state index contributed by atoms with van der Waals surface area (Å²) < 4.78 is 0. The van der Waals surface area contributed by atoms with Gasteiger partial charge in [0, 0.05) is 18.5 Å². The molecule has 4 heteroatoms. The Balaban J connectivity index is 1.58. The van der Waals surface area contributed by atoms with Gasteiger partial charge in [-0.25, -0.2) is 0 Å². The van der Waals surface area contributed by atoms with Crippen LogP contribution in [0.15, 0.2) is 24.3 Å². The van der Waals surface area contributed by atoms with Crippen molar-refractivity contribution in [3.05, 3.63) is 29.8 Å². The molecule has 0 spiro atoms. The quantitative estimate of drug-likeness (QED) is 0.873. The first-order valence-corrected chi connectivity index (χ1v) is 8.17. The molecule has 3 fully saturated rings. The maximum absolute atomic E-state index is 12.9. The molecule has 1 amide bonds. The third kappa shape index (κ3) is 1.85. The Kier molecular flexibility index (Phi) is 2.86. The van der Waals surface area contributed by atoms with Gasteiger partial charge in [0.05, 0.1) is 5.69 Å². The fraction of sp³-hybridized carbons (Fsp3) is 0.529. The molecule has 1 aromatic rings. The second-order valence-electron chi connectivity index (χ2n) is 6.79. The Hall–Kier alpha value is -1.42. The van der Waals surface area contributed by atoms with E-state index in [1.54, 1.807) is 4.90 Å². The minimum absolute atomic E-state index is 0.251. The second-order valence-corrected chi connectivity index (χ2v) is 7.23. The van der Waals surface area contributed by atoms with Crippen molar-refractivity contribution in [1.29, 1.82) is 0 Å². The van der Waals surface area contributed by atoms with Crippen LogP contribution in [-0.4, -0.2) is 17.9 Å². The highest BCUT2D eigenvalue weighted by atomic mass is 32.1. The van der Waals surface area contributed by atoms with E-state index in [0.717, 1.165) is 23.1 Å². The molecule has 0 heterocycles. The van der Waals surface area contributed by atoms with E-state index in [2.05, 4.69) is 0 Å². The van der Waals surface area contributed by atoms with Gasteiger partial charge in [0.1, 0.15) is 4.99 Å². The lowest BCUT2D eigenvalue weighted by Gasteiger charge is -2.22. The van der Waals surface area contributed by atoms with E-state index in [1.807, 2.05) is 31.3 Å². The normalized spacial score (nSPS) is 35.4. The average molecular weight is 300 g/mol. The summed E-state index contributed by atoms with van der Waals surface area (Å²) >= 11 is 5.10. The minimum atomic E-state index is 0.251. The lowest BCUT2D eigenvalue weighted by Crippen LogP contribution is -2.31. The first-order valence-electron chi connectivity index (χ1n) is 7.76. The number of benzene rings is 1. The molecule has 3 saturated carbocycles. The van der Waals surface area contributed by atoms with Crippen molar-refractivity contribution in [3.63, 3.8) is 0 Å². The Morgan fingerprint density at radius 1 is 1.24 bits per heavy atom. The monoisotopic (exact) mass is 300 g/mol. The molecular weight excluding hydrogens is 280 g/mol. The Morgan fingerprint density at radius 2 is 1.86 bits per heavy atom. The number of thiocarbonyl (C=S) groups is 1. The number of carbonyl (C=O) groups excluding carboxylic acids is 1. The molecule has 3 aliphatic carbocycles. The molecule has 21 heavy (non-hydrogen) atoms. The van der Waals surface area contributed by atoms with Crippen molar-refractivity contribution in [1.82, 2.24) is 0 Å². The van der Waals surface area contributed by atoms with Crippen molar-refractivity contribution in [2.24, 2.45) is 35.3 Å². The van der Waals surface area contributed by atoms with E-state index in [9.17, 15) is 4.79 Å². The predicted molar refractivity (Wildman–Crippen MR) is 87.0 cm³/mol. The van der Waals surface area contributed by atoms with E-state index in [0.29, 0.717) is 16.8 Å². The Bertz CT molecular complexity index is 613. The number of hydrogen-bond donors (Lipinski definition) is 1. The third-order valence-corrected chi connectivity index (χ3v) is 6.10. The van der Waals surface area contributed by atoms with E-state index in [1.165, 1.54) is 19.3 Å². The van der Waals surface area contributed by atoms with Crippen LogP contribution in [0.1, 0.15) is 24.8 Å². The summed E-state index contributed by atoms with van der Waals surface area (Å²) in [5, 5.41) is 0. The van der Waals surface area contributed by atoms with Crippen LogP contribution in [0.5, 0.6) is 0 Å². The maximum Gasteiger partial charge on any atom is 0.230 e. The van der Waals surface area contributed by atoms with Crippen LogP contribution >= 0.6 is 12.2 Å². The number of nitrogens with two attached hydrogens (primary N) is 1. The second kappa shape index (κ2) is 4.54. The summed E-state index contributed by atoms with van der Waals surface area (Å²) in [5.74, 6) is 3.46. The number of anilines is 1. The summed E-state index contributed by atoms with van der Waals surface area (Å²) in [6.45, 7) is 0. The maximum atomic E-state index is 12.9. The Morgan fingerprint density at radius 3 is 2.48 bits per heavy atom. The Labute approximate surface area is 130 Å². The molecule has 0 saturated heterocycles. The number of rotatable bonds is 3. The zero-order valence-corrected chi connectivity index (χ0v) is 13.0. The van der Waals surface area contributed by atoms with Gasteiger partial charge in [0.25, 0.3) is 0 Å². The minimum Gasteiger partial charge on any atom is -0.389 e. The van der Waals surface area contributed by atoms with Crippen LogP contribution in [-0.2, 0) is 4.79 Å². The van der Waals surface area contributed by atoms with Gasteiger partial charge in [-0.15, -0.1) is 0 Å². The summed E-state index contributed by atoms with van der Waals surface area (Å²) in [6, 6.07) is 7.65. The van der Waals surface area contributed by atoms with E-state index in [-0.39, 0.29) is 11.8 Å². The van der Waals surface area contributed by atoms with Crippen molar-refractivity contribution < 1.29 is 4.79 Å². The molecule has 3 aliphatic rings. The molecule has 0 aromatic heterocycles. The highest BCUT2D eigenvalue weighted by Crippen LogP contribution is 2.69. The SMILES string of the molecule is CN(C(=O)C1C2C3CCC(C3)C12)c1ccccc1C(N)=S. The van der Waals surface area contributed by atoms with Gasteiger partial charge >= 0.3 is 0 Å². The van der Waals surface area contributed by atoms with E-state index in [4.69, 9.17) is 18.0 Å². The molecule has 110 valence electrons. The summed E-state index contributed by atoms with van der Waals surface area (Å²) in [6.07, 6.45) is 4.04. The molecule has 0 aliphatic heterocycles. The lowest BCUT2D eigenvalue weighted by atomic mass is 10.0. The number of amides is 1. The largest absolute Gasteiger partial charge is 0.389 e. The van der Waals surface area contributed by atoms with Gasteiger partial charge in [-0.1, -0.05) is 24.4 Å². The van der Waals surface area contributed by atoms with Gasteiger partial charge in [-0.3, -0.25) is 4.79 Å². The van der Waals surface area contributed by atoms with Gasteiger partial charge in [0.2, 0.25) is 5.91 Å². The molecule has 2 bridgehead atoms. The van der Waals surface area contributed by atoms with Crippen LogP contribution < -0.4 is 10.6 Å². The molecule has 4 unspecified atom stereocenters. The molecular formula is C17H20N2OS. The number of hydrogen-bond acceptors (Lipinski definition) is 2. The van der Waals surface area contributed by atoms with Gasteiger partial charge in [-0.2, -0.15) is 0 Å². The molecule has 3 nitrogen and oxygen atoms in total. The van der Waals surface area contributed by atoms with Crippen molar-refractivity contribution in [3.8, 4) is 0 Å². The first kappa shape index (κ1) is 13.3. The highest BCUT2D eigenvalue weighted by Gasteiger charge is 2.67. The number of nitrogens with zero attached hydrogens (tertiary/aromatic N) is 1. The molecule has 4 rings (SSSR count). The fourth-order valence-corrected chi connectivity index (χ4v) is 5.14. The van der Waals surface area contributed by atoms with Gasteiger partial charge in [-0.05, 0) is 55.1 Å². The van der Waals surface area contributed by atoms with Gasteiger partial charge in [0.15, 0.2) is 0 Å². The lowest BCUT2D eigenvalue weighted by molar-refractivity contribution is -0.120. The van der Waals surface area contributed by atoms with Crippen molar-refractivity contribution >= 4 is 28.8 Å². The highest BCUT2D eigenvalue weighted by molar-refractivity contribution is 7.80. The summed E-state index contributed by atoms with van der Waals surface area (Å²) in [5.41, 5.74) is 7.41. The number of fused-ring (bicyclic) bond motifs is 5. The van der Waals surface area contributed by atoms with Crippen LogP contribution in [0, 0.1) is 29.6 Å². The summed E-state index contributed by atoms with van der Waals surface area (Å²) in [7, 11) is 1.86. The molecule has 0 radical (unpaired) electrons. The number of para-hydroxylation sites is 1. The van der Waals surface area contributed by atoms with Crippen LogP contribution in [0.2, 0.25) is 0 Å².